The van der Waals surface area contributed by atoms with Crippen LogP contribution in [0.15, 0.2) is 42.5 Å². The standard InChI is InChI=1S/C30H38ClN3O5S/c1-2-24-8-3-4-9-27(35)25-13-11-21(25)18-34-16-6-5-7-20-17-23(31)12-10-22(20)19-39-28-15-14-26(32-29(28)34)30(36)33-40(24,37)38/h4,9-10,12,14-15,17,21,24-25,27,35H,2-3,5-8,11,13,16,18-19H2,1H3,(H,33,36)/b9-4+/t21-,24+,25+,27+/m0/s1. The molecule has 10 heteroatoms. The Bertz CT molecular complexity index is 1370. The van der Waals surface area contributed by atoms with E-state index in [4.69, 9.17) is 21.3 Å². The summed E-state index contributed by atoms with van der Waals surface area (Å²) < 4.78 is 34.7. The molecule has 2 aliphatic heterocycles. The summed E-state index contributed by atoms with van der Waals surface area (Å²) >= 11 is 6.28. The Labute approximate surface area is 241 Å². The molecule has 0 saturated heterocycles. The molecule has 0 spiro atoms. The number of aliphatic hydroxyl groups excluding tert-OH is 1. The molecule has 2 N–H and O–H groups in total. The van der Waals surface area contributed by atoms with Crippen molar-refractivity contribution in [2.24, 2.45) is 11.8 Å². The number of aryl methyl sites for hydroxylation is 1. The first-order valence-electron chi connectivity index (χ1n) is 14.3. The molecule has 216 valence electrons. The molecule has 2 aromatic rings. The van der Waals surface area contributed by atoms with E-state index in [-0.39, 0.29) is 17.5 Å². The molecule has 4 atom stereocenters. The SMILES string of the molecule is CC[C@@H]1CC/C=C/[C@@H](O)[C@@H]2CC[C@H]2CN2CCCCc3cc(Cl)ccc3COc3ccc(nc32)C(=O)NS1(=O)=O. The van der Waals surface area contributed by atoms with Crippen LogP contribution in [0.4, 0.5) is 5.82 Å². The van der Waals surface area contributed by atoms with E-state index in [2.05, 4.69) is 9.62 Å². The second kappa shape index (κ2) is 12.5. The van der Waals surface area contributed by atoms with E-state index < -0.39 is 27.3 Å². The highest BCUT2D eigenvalue weighted by Crippen LogP contribution is 2.40. The number of carbonyl (C=O) groups excluding carboxylic acids is 1. The lowest BCUT2D eigenvalue weighted by atomic mass is 9.70. The number of anilines is 1. The van der Waals surface area contributed by atoms with Gasteiger partial charge in [-0.2, -0.15) is 0 Å². The number of sulfonamides is 1. The zero-order chi connectivity index (χ0) is 28.3. The number of hydrogen-bond donors (Lipinski definition) is 2. The number of rotatable bonds is 1. The van der Waals surface area contributed by atoms with E-state index in [1.807, 2.05) is 30.4 Å². The van der Waals surface area contributed by atoms with Crippen LogP contribution in [-0.2, 0) is 23.1 Å². The normalized spacial score (nSPS) is 28.0. The van der Waals surface area contributed by atoms with Crippen molar-refractivity contribution < 1.29 is 23.1 Å². The largest absolute Gasteiger partial charge is 0.485 e. The van der Waals surface area contributed by atoms with Gasteiger partial charge in [0.15, 0.2) is 11.6 Å². The van der Waals surface area contributed by atoms with Gasteiger partial charge in [-0.25, -0.2) is 18.1 Å². The maximum absolute atomic E-state index is 13.2. The van der Waals surface area contributed by atoms with Crippen LogP contribution in [0.25, 0.3) is 0 Å². The number of hydrogen-bond acceptors (Lipinski definition) is 7. The second-order valence-electron chi connectivity index (χ2n) is 11.1. The Kier molecular flexibility index (Phi) is 9.02. The van der Waals surface area contributed by atoms with Crippen LogP contribution in [0.1, 0.15) is 73.5 Å². The molecule has 40 heavy (non-hydrogen) atoms. The van der Waals surface area contributed by atoms with E-state index in [9.17, 15) is 18.3 Å². The number of nitrogens with one attached hydrogen (secondary N) is 1. The molecule has 0 unspecified atom stereocenters. The number of amides is 1. The van der Waals surface area contributed by atoms with Gasteiger partial charge >= 0.3 is 0 Å². The van der Waals surface area contributed by atoms with E-state index in [0.717, 1.165) is 43.2 Å². The minimum absolute atomic E-state index is 0.0324. The summed E-state index contributed by atoms with van der Waals surface area (Å²) in [4.78, 5) is 20.1. The van der Waals surface area contributed by atoms with Gasteiger partial charge in [0.05, 0.1) is 11.4 Å². The molecule has 1 amide bonds. The molecular formula is C30H38ClN3O5S. The van der Waals surface area contributed by atoms with Gasteiger partial charge in [-0.3, -0.25) is 4.79 Å². The lowest BCUT2D eigenvalue weighted by Crippen LogP contribution is -2.43. The van der Waals surface area contributed by atoms with E-state index >= 15 is 0 Å². The number of fused-ring (bicyclic) bond motifs is 3. The summed E-state index contributed by atoms with van der Waals surface area (Å²) in [6.45, 7) is 3.47. The molecule has 1 aromatic carbocycles. The maximum atomic E-state index is 13.2. The van der Waals surface area contributed by atoms with Crippen molar-refractivity contribution in [2.45, 2.75) is 76.3 Å². The molecule has 5 rings (SSSR count). The molecule has 1 aliphatic carbocycles. The first-order chi connectivity index (χ1) is 19.2. The van der Waals surface area contributed by atoms with Crippen LogP contribution >= 0.6 is 11.6 Å². The van der Waals surface area contributed by atoms with Crippen LogP contribution in [0.2, 0.25) is 5.02 Å². The van der Waals surface area contributed by atoms with Crippen molar-refractivity contribution in [3.8, 4) is 5.75 Å². The van der Waals surface area contributed by atoms with Gasteiger partial charge in [-0.1, -0.05) is 36.7 Å². The fraction of sp³-hybridized carbons (Fsp3) is 0.533. The van der Waals surface area contributed by atoms with Crippen LogP contribution in [-0.4, -0.2) is 48.9 Å². The molecule has 1 saturated carbocycles. The Hall–Kier alpha value is -2.62. The van der Waals surface area contributed by atoms with Crippen LogP contribution in [0, 0.1) is 11.8 Å². The Morgan fingerprint density at radius 1 is 1.15 bits per heavy atom. The van der Waals surface area contributed by atoms with E-state index in [1.54, 1.807) is 13.0 Å². The van der Waals surface area contributed by atoms with Gasteiger partial charge in [0.1, 0.15) is 12.3 Å². The number of nitrogens with zero attached hydrogens (tertiary/aromatic N) is 2. The number of ether oxygens (including phenoxy) is 1. The lowest BCUT2D eigenvalue weighted by molar-refractivity contribution is 0.0460. The van der Waals surface area contributed by atoms with Gasteiger partial charge in [0.2, 0.25) is 10.0 Å². The number of allylic oxidation sites excluding steroid dienone is 1. The number of aromatic nitrogens is 1. The van der Waals surface area contributed by atoms with Crippen molar-refractivity contribution in [3.05, 3.63) is 64.3 Å². The summed E-state index contributed by atoms with van der Waals surface area (Å²) in [6.07, 6.45) is 8.98. The maximum Gasteiger partial charge on any atom is 0.283 e. The summed E-state index contributed by atoms with van der Waals surface area (Å²) in [5.74, 6) is 0.707. The highest BCUT2D eigenvalue weighted by atomic mass is 35.5. The van der Waals surface area contributed by atoms with Crippen molar-refractivity contribution >= 4 is 33.3 Å². The van der Waals surface area contributed by atoms with Gasteiger partial charge in [0.25, 0.3) is 5.91 Å². The van der Waals surface area contributed by atoms with Gasteiger partial charge in [-0.15, -0.1) is 0 Å². The third-order valence-electron chi connectivity index (χ3n) is 8.53. The lowest BCUT2D eigenvalue weighted by Gasteiger charge is -2.42. The highest BCUT2D eigenvalue weighted by molar-refractivity contribution is 7.90. The molecule has 1 aromatic heterocycles. The molecule has 2 bridgehead atoms. The smallest absolute Gasteiger partial charge is 0.283 e. The minimum Gasteiger partial charge on any atom is -0.485 e. The molecule has 8 nitrogen and oxygen atoms in total. The third kappa shape index (κ3) is 6.47. The Morgan fingerprint density at radius 2 is 2.00 bits per heavy atom. The number of halogens is 1. The first-order valence-corrected chi connectivity index (χ1v) is 16.2. The van der Waals surface area contributed by atoms with Gasteiger partial charge < -0.3 is 14.7 Å². The molecule has 1 fully saturated rings. The molecule has 3 aliphatic rings. The minimum atomic E-state index is -3.91. The molecule has 3 heterocycles. The number of carbonyl (C=O) groups is 1. The van der Waals surface area contributed by atoms with E-state index in [0.29, 0.717) is 55.5 Å². The molecular weight excluding hydrogens is 550 g/mol. The third-order valence-corrected chi connectivity index (χ3v) is 10.7. The zero-order valence-corrected chi connectivity index (χ0v) is 24.5. The van der Waals surface area contributed by atoms with Crippen molar-refractivity contribution in [1.82, 2.24) is 9.71 Å². The predicted molar refractivity (Wildman–Crippen MR) is 156 cm³/mol. The van der Waals surface area contributed by atoms with Crippen LogP contribution in [0.3, 0.4) is 0 Å². The van der Waals surface area contributed by atoms with Crippen molar-refractivity contribution in [1.29, 1.82) is 0 Å². The number of pyridine rings is 1. The Balaban J connectivity index is 1.53. The average Bonchev–Trinajstić information content (AvgIpc) is 2.93. The van der Waals surface area contributed by atoms with Crippen LogP contribution in [0.5, 0.6) is 5.75 Å². The summed E-state index contributed by atoms with van der Waals surface area (Å²) in [6, 6.07) is 9.06. The van der Waals surface area contributed by atoms with Crippen molar-refractivity contribution in [3.63, 3.8) is 0 Å². The van der Waals surface area contributed by atoms with Gasteiger partial charge in [-0.05, 0) is 98.6 Å². The number of benzene rings is 1. The quantitative estimate of drug-likeness (QED) is 0.450. The first kappa shape index (κ1) is 28.9. The fourth-order valence-corrected chi connectivity index (χ4v) is 7.59. The van der Waals surface area contributed by atoms with Crippen molar-refractivity contribution in [2.75, 3.05) is 18.0 Å². The van der Waals surface area contributed by atoms with Crippen LogP contribution < -0.4 is 14.4 Å². The topological polar surface area (TPSA) is 109 Å². The summed E-state index contributed by atoms with van der Waals surface area (Å²) in [5, 5.41) is 10.9. The zero-order valence-electron chi connectivity index (χ0n) is 22.9. The summed E-state index contributed by atoms with van der Waals surface area (Å²) in [7, 11) is -3.91. The average molecular weight is 588 g/mol. The van der Waals surface area contributed by atoms with Gasteiger partial charge in [0, 0.05) is 18.1 Å². The highest BCUT2D eigenvalue weighted by Gasteiger charge is 2.37. The second-order valence-corrected chi connectivity index (χ2v) is 13.5. The predicted octanol–water partition coefficient (Wildman–Crippen LogP) is 5.03. The monoisotopic (exact) mass is 587 g/mol. The molecule has 0 radical (unpaired) electrons. The number of aliphatic hydroxyl groups is 1. The fourth-order valence-electron chi connectivity index (χ4n) is 5.98. The van der Waals surface area contributed by atoms with E-state index in [1.165, 1.54) is 6.07 Å². The summed E-state index contributed by atoms with van der Waals surface area (Å²) in [5.41, 5.74) is 2.23. The Morgan fingerprint density at radius 3 is 2.77 bits per heavy atom.